The molecule has 0 saturated carbocycles. The summed E-state index contributed by atoms with van der Waals surface area (Å²) in [6.45, 7) is 0.155. The smallest absolute Gasteiger partial charge is 0.310 e. The van der Waals surface area contributed by atoms with Crippen LogP contribution in [0, 0.1) is 0 Å². The first-order valence-electron chi connectivity index (χ1n) is 6.24. The second-order valence-corrected chi connectivity index (χ2v) is 4.33. The van der Waals surface area contributed by atoms with Gasteiger partial charge in [-0.3, -0.25) is 4.79 Å². The number of benzene rings is 2. The number of esters is 1. The monoisotopic (exact) mass is 272 g/mol. The lowest BCUT2D eigenvalue weighted by molar-refractivity contribution is -0.144. The zero-order chi connectivity index (χ0) is 14.4. The van der Waals surface area contributed by atoms with E-state index >= 15 is 0 Å². The number of carbonyl (C=O) groups excluding carboxylic acids is 1. The summed E-state index contributed by atoms with van der Waals surface area (Å²) in [6, 6.07) is 14.3. The van der Waals surface area contributed by atoms with Crippen LogP contribution >= 0.6 is 0 Å². The van der Waals surface area contributed by atoms with Crippen LogP contribution in [0.5, 0.6) is 11.5 Å². The van der Waals surface area contributed by atoms with Crippen molar-refractivity contribution in [3.05, 3.63) is 59.7 Å². The minimum absolute atomic E-state index is 0.0619. The highest BCUT2D eigenvalue weighted by molar-refractivity contribution is 5.72. The van der Waals surface area contributed by atoms with E-state index < -0.39 is 0 Å². The van der Waals surface area contributed by atoms with Gasteiger partial charge in [-0.15, -0.1) is 0 Å². The highest BCUT2D eigenvalue weighted by Crippen LogP contribution is 2.26. The van der Waals surface area contributed by atoms with Gasteiger partial charge >= 0.3 is 5.97 Å². The van der Waals surface area contributed by atoms with E-state index in [2.05, 4.69) is 0 Å². The molecule has 2 rings (SSSR count). The SMILES string of the molecule is COc1cc(COC(=O)Cc2ccccc2)ccc1O. The largest absolute Gasteiger partial charge is 0.504 e. The van der Waals surface area contributed by atoms with Crippen LogP contribution in [0.15, 0.2) is 48.5 Å². The number of aromatic hydroxyl groups is 1. The van der Waals surface area contributed by atoms with Crippen LogP contribution in [0.3, 0.4) is 0 Å². The molecule has 0 fully saturated rings. The summed E-state index contributed by atoms with van der Waals surface area (Å²) >= 11 is 0. The van der Waals surface area contributed by atoms with Gasteiger partial charge in [-0.2, -0.15) is 0 Å². The first-order chi connectivity index (χ1) is 9.69. The Labute approximate surface area is 117 Å². The van der Waals surface area contributed by atoms with Crippen molar-refractivity contribution in [2.45, 2.75) is 13.0 Å². The molecular formula is C16H16O4. The van der Waals surface area contributed by atoms with Crippen molar-refractivity contribution in [2.75, 3.05) is 7.11 Å². The molecule has 0 unspecified atom stereocenters. The third-order valence-electron chi connectivity index (χ3n) is 2.84. The lowest BCUT2D eigenvalue weighted by atomic mass is 10.1. The van der Waals surface area contributed by atoms with Crippen LogP contribution in [-0.4, -0.2) is 18.2 Å². The third-order valence-corrected chi connectivity index (χ3v) is 2.84. The summed E-state index contributed by atoms with van der Waals surface area (Å²) in [5.41, 5.74) is 1.68. The molecule has 0 bridgehead atoms. The molecule has 2 aromatic rings. The molecule has 104 valence electrons. The standard InChI is InChI=1S/C16H16O4/c1-19-15-9-13(7-8-14(15)17)11-20-16(18)10-12-5-3-2-4-6-12/h2-9,17H,10-11H2,1H3. The fourth-order valence-corrected chi connectivity index (χ4v) is 1.79. The van der Waals surface area contributed by atoms with Crippen LogP contribution in [0.4, 0.5) is 0 Å². The van der Waals surface area contributed by atoms with Gasteiger partial charge in [0.25, 0.3) is 0 Å². The maximum Gasteiger partial charge on any atom is 0.310 e. The summed E-state index contributed by atoms with van der Waals surface area (Å²) in [5.74, 6) is 0.136. The molecule has 2 aromatic carbocycles. The quantitative estimate of drug-likeness (QED) is 0.850. The summed E-state index contributed by atoms with van der Waals surface area (Å²) in [6.07, 6.45) is 0.246. The van der Waals surface area contributed by atoms with Crippen LogP contribution in [0.2, 0.25) is 0 Å². The van der Waals surface area contributed by atoms with E-state index in [0.717, 1.165) is 11.1 Å². The Morgan fingerprint density at radius 2 is 1.85 bits per heavy atom. The minimum atomic E-state index is -0.289. The molecule has 4 nitrogen and oxygen atoms in total. The van der Waals surface area contributed by atoms with Crippen molar-refractivity contribution in [3.8, 4) is 11.5 Å². The average Bonchev–Trinajstić information content (AvgIpc) is 2.47. The maximum atomic E-state index is 11.7. The summed E-state index contributed by atoms with van der Waals surface area (Å²) < 4.78 is 10.2. The van der Waals surface area contributed by atoms with E-state index in [1.165, 1.54) is 13.2 Å². The Bertz CT molecular complexity index is 578. The lowest BCUT2D eigenvalue weighted by Gasteiger charge is -2.08. The number of methoxy groups -OCH3 is 1. The fraction of sp³-hybridized carbons (Fsp3) is 0.188. The molecule has 0 saturated heterocycles. The number of rotatable bonds is 5. The molecule has 0 aliphatic heterocycles. The van der Waals surface area contributed by atoms with E-state index in [4.69, 9.17) is 9.47 Å². The van der Waals surface area contributed by atoms with Gasteiger partial charge in [0, 0.05) is 0 Å². The van der Waals surface area contributed by atoms with Crippen molar-refractivity contribution in [1.29, 1.82) is 0 Å². The Morgan fingerprint density at radius 1 is 1.10 bits per heavy atom. The number of ether oxygens (including phenoxy) is 2. The van der Waals surface area contributed by atoms with Crippen LogP contribution in [0.25, 0.3) is 0 Å². The number of carbonyl (C=O) groups is 1. The van der Waals surface area contributed by atoms with Gasteiger partial charge in [-0.25, -0.2) is 0 Å². The molecule has 0 radical (unpaired) electrons. The van der Waals surface area contributed by atoms with Crippen LogP contribution in [-0.2, 0) is 22.6 Å². The van der Waals surface area contributed by atoms with Gasteiger partial charge < -0.3 is 14.6 Å². The average molecular weight is 272 g/mol. The van der Waals surface area contributed by atoms with Crippen LogP contribution < -0.4 is 4.74 Å². The van der Waals surface area contributed by atoms with Gasteiger partial charge in [0.1, 0.15) is 6.61 Å². The first-order valence-corrected chi connectivity index (χ1v) is 6.24. The molecule has 1 N–H and O–H groups in total. The summed E-state index contributed by atoms with van der Waals surface area (Å²) in [7, 11) is 1.47. The molecular weight excluding hydrogens is 256 g/mol. The van der Waals surface area contributed by atoms with Gasteiger partial charge in [0.15, 0.2) is 11.5 Å². The molecule has 0 heterocycles. The molecule has 0 aliphatic rings. The molecule has 20 heavy (non-hydrogen) atoms. The molecule has 4 heteroatoms. The predicted octanol–water partition coefficient (Wildman–Crippen LogP) is 2.69. The predicted molar refractivity (Wildman–Crippen MR) is 74.6 cm³/mol. The molecule has 0 aliphatic carbocycles. The van der Waals surface area contributed by atoms with Crippen molar-refractivity contribution in [2.24, 2.45) is 0 Å². The third kappa shape index (κ3) is 3.75. The van der Waals surface area contributed by atoms with Gasteiger partial charge in [0.2, 0.25) is 0 Å². The molecule has 0 atom stereocenters. The second-order valence-electron chi connectivity index (χ2n) is 4.33. The Hall–Kier alpha value is -2.49. The topological polar surface area (TPSA) is 55.8 Å². The maximum absolute atomic E-state index is 11.7. The Balaban J connectivity index is 1.90. The van der Waals surface area contributed by atoms with Gasteiger partial charge in [-0.05, 0) is 23.3 Å². The van der Waals surface area contributed by atoms with E-state index in [0.29, 0.717) is 5.75 Å². The van der Waals surface area contributed by atoms with Crippen molar-refractivity contribution >= 4 is 5.97 Å². The highest BCUT2D eigenvalue weighted by Gasteiger charge is 2.07. The van der Waals surface area contributed by atoms with Crippen molar-refractivity contribution in [1.82, 2.24) is 0 Å². The normalized spacial score (nSPS) is 10.1. The fourth-order valence-electron chi connectivity index (χ4n) is 1.79. The summed E-state index contributed by atoms with van der Waals surface area (Å²) in [5, 5.41) is 9.47. The molecule has 0 spiro atoms. The number of hydrogen-bond donors (Lipinski definition) is 1. The van der Waals surface area contributed by atoms with E-state index in [-0.39, 0.29) is 24.7 Å². The van der Waals surface area contributed by atoms with E-state index in [1.54, 1.807) is 12.1 Å². The van der Waals surface area contributed by atoms with E-state index in [9.17, 15) is 9.90 Å². The molecule has 0 aromatic heterocycles. The van der Waals surface area contributed by atoms with Gasteiger partial charge in [0.05, 0.1) is 13.5 Å². The highest BCUT2D eigenvalue weighted by atomic mass is 16.5. The Kier molecular flexibility index (Phi) is 4.60. The first kappa shape index (κ1) is 13.9. The lowest BCUT2D eigenvalue weighted by Crippen LogP contribution is -2.07. The molecule has 0 amide bonds. The zero-order valence-electron chi connectivity index (χ0n) is 11.2. The Morgan fingerprint density at radius 3 is 2.55 bits per heavy atom. The zero-order valence-corrected chi connectivity index (χ0v) is 11.2. The van der Waals surface area contributed by atoms with Gasteiger partial charge in [-0.1, -0.05) is 36.4 Å². The number of hydrogen-bond acceptors (Lipinski definition) is 4. The second kappa shape index (κ2) is 6.61. The number of phenols is 1. The number of phenolic OH excluding ortho intramolecular Hbond substituents is 1. The summed E-state index contributed by atoms with van der Waals surface area (Å²) in [4.78, 5) is 11.7. The van der Waals surface area contributed by atoms with Crippen molar-refractivity contribution in [3.63, 3.8) is 0 Å². The van der Waals surface area contributed by atoms with E-state index in [1.807, 2.05) is 30.3 Å². The van der Waals surface area contributed by atoms with Crippen molar-refractivity contribution < 1.29 is 19.4 Å². The minimum Gasteiger partial charge on any atom is -0.504 e. The van der Waals surface area contributed by atoms with Crippen LogP contribution in [0.1, 0.15) is 11.1 Å².